The van der Waals surface area contributed by atoms with E-state index in [2.05, 4.69) is 25.1 Å². The van der Waals surface area contributed by atoms with Gasteiger partial charge in [0.25, 0.3) is 5.91 Å². The summed E-state index contributed by atoms with van der Waals surface area (Å²) >= 11 is 6.97. The van der Waals surface area contributed by atoms with E-state index in [9.17, 15) is 4.79 Å². The molecule has 0 spiro atoms. The van der Waals surface area contributed by atoms with Crippen LogP contribution in [0.3, 0.4) is 0 Å². The number of hydrogen-bond acceptors (Lipinski definition) is 6. The molecule has 4 heterocycles. The van der Waals surface area contributed by atoms with Gasteiger partial charge < -0.3 is 14.6 Å². The van der Waals surface area contributed by atoms with Crippen molar-refractivity contribution in [3.63, 3.8) is 0 Å². The van der Waals surface area contributed by atoms with Crippen molar-refractivity contribution in [2.45, 2.75) is 52.0 Å². The number of fused-ring (bicyclic) bond motifs is 1. The van der Waals surface area contributed by atoms with Gasteiger partial charge in [-0.05, 0) is 83.4 Å². The second kappa shape index (κ2) is 11.2. The van der Waals surface area contributed by atoms with Crippen molar-refractivity contribution in [2.75, 3.05) is 44.6 Å². The highest BCUT2D eigenvalue weighted by Crippen LogP contribution is 2.38. The molecular weight excluding hydrogens is 476 g/mol. The predicted molar refractivity (Wildman–Crippen MR) is 143 cm³/mol. The average Bonchev–Trinajstić information content (AvgIpc) is 3.40. The highest BCUT2D eigenvalue weighted by Gasteiger charge is 2.25. The van der Waals surface area contributed by atoms with Gasteiger partial charge in [-0.3, -0.25) is 20.0 Å². The molecule has 2 fully saturated rings. The molecule has 1 atom stereocenters. The van der Waals surface area contributed by atoms with Gasteiger partial charge in [0.05, 0.1) is 11.0 Å². The second-order valence-electron chi connectivity index (χ2n) is 9.89. The summed E-state index contributed by atoms with van der Waals surface area (Å²) in [5.41, 5.74) is 3.73. The Balaban J connectivity index is 1.48. The van der Waals surface area contributed by atoms with Crippen molar-refractivity contribution < 1.29 is 9.53 Å². The largest absolute Gasteiger partial charge is 0.491 e. The predicted octanol–water partition coefficient (Wildman–Crippen LogP) is 4.74. The molecule has 2 saturated heterocycles. The SMILES string of the molecule is Cc1cc(C(=O)Nc2nc3ccc(OCCN4CCCC4)c(Cl)c3n2[C@@H]2CCCCNC2)cc(C)n1. The summed E-state index contributed by atoms with van der Waals surface area (Å²) in [6.07, 6.45) is 5.71. The molecule has 2 N–H and O–H groups in total. The van der Waals surface area contributed by atoms with Crippen molar-refractivity contribution in [1.82, 2.24) is 24.8 Å². The average molecular weight is 511 g/mol. The molecule has 0 aliphatic carbocycles. The maximum Gasteiger partial charge on any atom is 0.258 e. The van der Waals surface area contributed by atoms with Gasteiger partial charge in [-0.1, -0.05) is 18.0 Å². The molecular formula is C27H35ClN6O2. The van der Waals surface area contributed by atoms with E-state index in [1.54, 1.807) is 12.1 Å². The summed E-state index contributed by atoms with van der Waals surface area (Å²) in [5.74, 6) is 0.955. The number of pyridine rings is 1. The van der Waals surface area contributed by atoms with Crippen LogP contribution in [0, 0.1) is 13.8 Å². The number of rotatable bonds is 7. The molecule has 36 heavy (non-hydrogen) atoms. The third-order valence-electron chi connectivity index (χ3n) is 7.07. The minimum absolute atomic E-state index is 0.117. The lowest BCUT2D eigenvalue weighted by Crippen LogP contribution is -2.26. The van der Waals surface area contributed by atoms with Crippen LogP contribution in [0.4, 0.5) is 5.95 Å². The third-order valence-corrected chi connectivity index (χ3v) is 7.44. The summed E-state index contributed by atoms with van der Waals surface area (Å²) in [7, 11) is 0. The Morgan fingerprint density at radius 3 is 2.69 bits per heavy atom. The third kappa shape index (κ3) is 5.51. The number of ether oxygens (including phenoxy) is 1. The highest BCUT2D eigenvalue weighted by atomic mass is 35.5. The number of hydrogen-bond donors (Lipinski definition) is 2. The Kier molecular flexibility index (Phi) is 7.74. The quantitative estimate of drug-likeness (QED) is 0.477. The van der Waals surface area contributed by atoms with E-state index >= 15 is 0 Å². The monoisotopic (exact) mass is 510 g/mol. The minimum atomic E-state index is -0.208. The van der Waals surface area contributed by atoms with Crippen LogP contribution in [0.1, 0.15) is 59.9 Å². The van der Waals surface area contributed by atoms with Gasteiger partial charge in [-0.25, -0.2) is 4.98 Å². The van der Waals surface area contributed by atoms with E-state index in [1.165, 1.54) is 12.8 Å². The van der Waals surface area contributed by atoms with E-state index in [4.69, 9.17) is 21.3 Å². The van der Waals surface area contributed by atoms with Crippen molar-refractivity contribution in [3.05, 3.63) is 46.2 Å². The fourth-order valence-corrected chi connectivity index (χ4v) is 5.64. The first kappa shape index (κ1) is 25.0. The smallest absolute Gasteiger partial charge is 0.258 e. The first-order valence-electron chi connectivity index (χ1n) is 13.0. The number of aryl methyl sites for hydroxylation is 2. The number of carbonyl (C=O) groups excluding carboxylic acids is 1. The summed E-state index contributed by atoms with van der Waals surface area (Å²) in [5, 5.41) is 7.14. The van der Waals surface area contributed by atoms with Gasteiger partial charge in [0.15, 0.2) is 0 Å². The van der Waals surface area contributed by atoms with Crippen molar-refractivity contribution in [1.29, 1.82) is 0 Å². The molecule has 9 heteroatoms. The molecule has 3 aromatic rings. The second-order valence-corrected chi connectivity index (χ2v) is 10.3. The molecule has 1 aromatic carbocycles. The van der Waals surface area contributed by atoms with E-state index in [-0.39, 0.29) is 11.9 Å². The zero-order chi connectivity index (χ0) is 25.1. The number of carbonyl (C=O) groups is 1. The Morgan fingerprint density at radius 1 is 1.14 bits per heavy atom. The molecule has 2 aromatic heterocycles. The first-order valence-corrected chi connectivity index (χ1v) is 13.4. The van der Waals surface area contributed by atoms with Crippen molar-refractivity contribution in [2.24, 2.45) is 0 Å². The number of likely N-dealkylation sites (tertiary alicyclic amines) is 1. The zero-order valence-electron chi connectivity index (χ0n) is 21.1. The standard InChI is InChI=1S/C27H35ClN6O2/c1-18-15-20(16-19(2)30-18)26(35)32-27-31-22-8-9-23(36-14-13-33-11-5-6-12-33)24(28)25(22)34(27)21-7-3-4-10-29-17-21/h8-9,15-16,21,29H,3-7,10-14,17H2,1-2H3,(H,31,32,35)/t21-/m1/s1. The zero-order valence-corrected chi connectivity index (χ0v) is 21.9. The van der Waals surface area contributed by atoms with Crippen LogP contribution in [0.2, 0.25) is 5.02 Å². The van der Waals surface area contributed by atoms with Crippen LogP contribution in [0.5, 0.6) is 5.75 Å². The van der Waals surface area contributed by atoms with Crippen LogP contribution in [0.25, 0.3) is 11.0 Å². The Bertz CT molecular complexity index is 1210. The number of anilines is 1. The van der Waals surface area contributed by atoms with Crippen LogP contribution < -0.4 is 15.4 Å². The van der Waals surface area contributed by atoms with Gasteiger partial charge >= 0.3 is 0 Å². The first-order chi connectivity index (χ1) is 17.5. The number of nitrogens with zero attached hydrogens (tertiary/aromatic N) is 4. The number of aromatic nitrogens is 3. The molecule has 0 unspecified atom stereocenters. The molecule has 2 aliphatic heterocycles. The molecule has 1 amide bonds. The van der Waals surface area contributed by atoms with E-state index < -0.39 is 0 Å². The fraction of sp³-hybridized carbons (Fsp3) is 0.519. The molecule has 192 valence electrons. The molecule has 5 rings (SSSR count). The van der Waals surface area contributed by atoms with Crippen LogP contribution in [-0.4, -0.2) is 64.7 Å². The fourth-order valence-electron chi connectivity index (χ4n) is 5.34. The lowest BCUT2D eigenvalue weighted by molar-refractivity contribution is 0.102. The topological polar surface area (TPSA) is 84.3 Å². The van der Waals surface area contributed by atoms with Gasteiger partial charge in [0, 0.05) is 36.1 Å². The Morgan fingerprint density at radius 2 is 1.92 bits per heavy atom. The maximum atomic E-state index is 13.2. The highest BCUT2D eigenvalue weighted by molar-refractivity contribution is 6.36. The molecule has 0 bridgehead atoms. The summed E-state index contributed by atoms with van der Waals surface area (Å²) in [6, 6.07) is 7.53. The number of amides is 1. The van der Waals surface area contributed by atoms with E-state index in [1.807, 2.05) is 26.0 Å². The lowest BCUT2D eigenvalue weighted by Gasteiger charge is -2.21. The normalized spacial score (nSPS) is 18.9. The Labute approximate surface area is 217 Å². The van der Waals surface area contributed by atoms with E-state index in [0.29, 0.717) is 28.9 Å². The number of benzene rings is 1. The van der Waals surface area contributed by atoms with Crippen LogP contribution >= 0.6 is 11.6 Å². The Hall–Kier alpha value is -2.68. The van der Waals surface area contributed by atoms with Gasteiger partial charge in [-0.15, -0.1) is 0 Å². The summed E-state index contributed by atoms with van der Waals surface area (Å²) in [4.78, 5) is 24.9. The van der Waals surface area contributed by atoms with Crippen LogP contribution in [-0.2, 0) is 0 Å². The maximum absolute atomic E-state index is 13.2. The number of imidazole rings is 1. The van der Waals surface area contributed by atoms with Gasteiger partial charge in [-0.2, -0.15) is 0 Å². The molecule has 0 radical (unpaired) electrons. The molecule has 8 nitrogen and oxygen atoms in total. The minimum Gasteiger partial charge on any atom is -0.491 e. The van der Waals surface area contributed by atoms with Gasteiger partial charge in [0.2, 0.25) is 5.95 Å². The van der Waals surface area contributed by atoms with Crippen LogP contribution in [0.15, 0.2) is 24.3 Å². The number of nitrogens with one attached hydrogen (secondary N) is 2. The van der Waals surface area contributed by atoms with Crippen molar-refractivity contribution >= 4 is 34.5 Å². The number of halogens is 1. The van der Waals surface area contributed by atoms with Gasteiger partial charge in [0.1, 0.15) is 17.4 Å². The van der Waals surface area contributed by atoms with E-state index in [0.717, 1.165) is 74.4 Å². The summed E-state index contributed by atoms with van der Waals surface area (Å²) < 4.78 is 8.23. The molecule has 2 aliphatic rings. The van der Waals surface area contributed by atoms with Crippen molar-refractivity contribution in [3.8, 4) is 5.75 Å². The molecule has 0 saturated carbocycles. The summed E-state index contributed by atoms with van der Waals surface area (Å²) in [6.45, 7) is 9.31. The lowest BCUT2D eigenvalue weighted by atomic mass is 10.1.